The molecule has 0 fully saturated rings. The number of hydrogen-bond donors (Lipinski definition) is 0. The van der Waals surface area contributed by atoms with Crippen LogP contribution in [-0.4, -0.2) is 28.7 Å². The Morgan fingerprint density at radius 3 is 2.62 bits per heavy atom. The first-order valence-corrected chi connectivity index (χ1v) is 11.0. The molecule has 0 N–H and O–H groups in total. The lowest BCUT2D eigenvalue weighted by molar-refractivity contribution is -0.384. The molecule has 2 aromatic carbocycles. The van der Waals surface area contributed by atoms with E-state index < -0.39 is 0 Å². The van der Waals surface area contributed by atoms with E-state index in [0.29, 0.717) is 34.1 Å². The highest BCUT2D eigenvalue weighted by atomic mass is 32.1. The van der Waals surface area contributed by atoms with Crippen molar-refractivity contribution in [2.45, 2.75) is 38.6 Å². The maximum Gasteiger partial charge on any atom is 0.270 e. The van der Waals surface area contributed by atoms with Gasteiger partial charge in [-0.15, -0.1) is 0 Å². The fourth-order valence-corrected chi connectivity index (χ4v) is 4.57. The molecule has 7 nitrogen and oxygen atoms in total. The summed E-state index contributed by atoms with van der Waals surface area (Å²) < 4.78 is 13.6. The van der Waals surface area contributed by atoms with Crippen molar-refractivity contribution in [1.82, 2.24) is 9.55 Å². The lowest BCUT2D eigenvalue weighted by Crippen LogP contribution is -2.19. The second-order valence-electron chi connectivity index (χ2n) is 7.77. The highest BCUT2D eigenvalue weighted by molar-refractivity contribution is 7.71. The van der Waals surface area contributed by atoms with Crippen molar-refractivity contribution in [2.75, 3.05) is 14.2 Å². The molecule has 3 aromatic rings. The lowest BCUT2D eigenvalue weighted by Gasteiger charge is -2.24. The monoisotopic (exact) mass is 451 g/mol. The minimum Gasteiger partial charge on any atom is -0.493 e. The average Bonchev–Trinajstić information content (AvgIpc) is 2.83. The van der Waals surface area contributed by atoms with Crippen molar-refractivity contribution in [1.29, 1.82) is 0 Å². The van der Waals surface area contributed by atoms with Gasteiger partial charge in [0.15, 0.2) is 11.5 Å². The predicted octanol–water partition coefficient (Wildman–Crippen LogP) is 5.33. The number of aromatic nitrogens is 2. The minimum atomic E-state index is -0.384. The van der Waals surface area contributed by atoms with Crippen LogP contribution in [0, 0.1) is 14.8 Å². The highest BCUT2D eigenvalue weighted by Crippen LogP contribution is 2.31. The number of non-ortho nitro benzene ring substituents is 1. The first-order valence-electron chi connectivity index (χ1n) is 10.6. The number of rotatable bonds is 7. The average molecular weight is 452 g/mol. The van der Waals surface area contributed by atoms with Crippen LogP contribution in [0.2, 0.25) is 0 Å². The van der Waals surface area contributed by atoms with Gasteiger partial charge >= 0.3 is 0 Å². The molecular weight excluding hydrogens is 426 g/mol. The quantitative estimate of drug-likeness (QED) is 0.275. The standard InChI is InChI=1S/C24H25N3O4S/c1-30-21-11-10-16(14-22(21)31-2)12-13-26-20-9-4-3-8-19(20)24(32)25-23(26)17-6-5-7-18(15-17)27(28)29/h5-7,10-11,14-15H,3-4,8-9,12-13H2,1-2H3. The van der Waals surface area contributed by atoms with Gasteiger partial charge in [-0.3, -0.25) is 10.1 Å². The van der Waals surface area contributed by atoms with E-state index in [4.69, 9.17) is 26.7 Å². The number of nitro groups is 1. The third kappa shape index (κ3) is 4.36. The van der Waals surface area contributed by atoms with Crippen LogP contribution in [0.4, 0.5) is 5.69 Å². The summed E-state index contributed by atoms with van der Waals surface area (Å²) in [5.41, 5.74) is 4.17. The fraction of sp³-hybridized carbons (Fsp3) is 0.333. The molecule has 32 heavy (non-hydrogen) atoms. The summed E-state index contributed by atoms with van der Waals surface area (Å²) >= 11 is 5.62. The van der Waals surface area contributed by atoms with Gasteiger partial charge in [0.25, 0.3) is 5.69 Å². The van der Waals surface area contributed by atoms with E-state index >= 15 is 0 Å². The first kappa shape index (κ1) is 22.0. The van der Waals surface area contributed by atoms with E-state index in [2.05, 4.69) is 4.57 Å². The van der Waals surface area contributed by atoms with Crippen LogP contribution in [0.25, 0.3) is 11.4 Å². The Morgan fingerprint density at radius 2 is 1.88 bits per heavy atom. The molecule has 0 aliphatic heterocycles. The Balaban J connectivity index is 1.77. The number of benzene rings is 2. The summed E-state index contributed by atoms with van der Waals surface area (Å²) in [6.07, 6.45) is 4.79. The number of nitrogens with zero attached hydrogens (tertiary/aromatic N) is 3. The Morgan fingerprint density at radius 1 is 1.09 bits per heavy atom. The fourth-order valence-electron chi connectivity index (χ4n) is 4.27. The normalized spacial score (nSPS) is 12.8. The first-order chi connectivity index (χ1) is 15.5. The minimum absolute atomic E-state index is 0.0411. The summed E-state index contributed by atoms with van der Waals surface area (Å²) in [5, 5.41) is 11.3. The van der Waals surface area contributed by atoms with Crippen LogP contribution < -0.4 is 9.47 Å². The van der Waals surface area contributed by atoms with Crippen LogP contribution in [0.15, 0.2) is 42.5 Å². The van der Waals surface area contributed by atoms with Crippen LogP contribution in [0.1, 0.15) is 29.7 Å². The molecule has 0 radical (unpaired) electrons. The maximum atomic E-state index is 11.3. The van der Waals surface area contributed by atoms with Gasteiger partial charge in [-0.05, 0) is 49.8 Å². The van der Waals surface area contributed by atoms with Crippen molar-refractivity contribution in [3.8, 4) is 22.9 Å². The lowest BCUT2D eigenvalue weighted by atomic mass is 9.96. The van der Waals surface area contributed by atoms with E-state index in [-0.39, 0.29) is 10.6 Å². The molecule has 166 valence electrons. The zero-order chi connectivity index (χ0) is 22.7. The third-order valence-electron chi connectivity index (χ3n) is 5.87. The molecule has 1 aromatic heterocycles. The maximum absolute atomic E-state index is 11.3. The van der Waals surface area contributed by atoms with Gasteiger partial charge in [-0.1, -0.05) is 30.4 Å². The van der Waals surface area contributed by atoms with Gasteiger partial charge in [0, 0.05) is 35.5 Å². The summed E-state index contributed by atoms with van der Waals surface area (Å²) in [5.74, 6) is 2.06. The number of methoxy groups -OCH3 is 2. The molecule has 0 bridgehead atoms. The van der Waals surface area contributed by atoms with Crippen LogP contribution in [0.5, 0.6) is 11.5 Å². The van der Waals surface area contributed by atoms with Gasteiger partial charge in [0.2, 0.25) is 0 Å². The Hall–Kier alpha value is -3.26. The molecule has 0 amide bonds. The zero-order valence-corrected chi connectivity index (χ0v) is 19.0. The third-order valence-corrected chi connectivity index (χ3v) is 6.21. The van der Waals surface area contributed by atoms with E-state index in [9.17, 15) is 10.1 Å². The van der Waals surface area contributed by atoms with Gasteiger partial charge in [0.05, 0.1) is 19.1 Å². The molecule has 0 atom stereocenters. The number of ether oxygens (including phenoxy) is 2. The van der Waals surface area contributed by atoms with Gasteiger partial charge in [-0.25, -0.2) is 4.98 Å². The summed E-state index contributed by atoms with van der Waals surface area (Å²) in [6.45, 7) is 0.679. The Bertz CT molecular complexity index is 1220. The van der Waals surface area contributed by atoms with E-state index in [1.54, 1.807) is 26.4 Å². The van der Waals surface area contributed by atoms with Crippen LogP contribution >= 0.6 is 12.2 Å². The van der Waals surface area contributed by atoms with Crippen molar-refractivity contribution in [3.05, 3.63) is 74.0 Å². The molecule has 1 heterocycles. The summed E-state index contributed by atoms with van der Waals surface area (Å²) in [6, 6.07) is 12.5. The van der Waals surface area contributed by atoms with Gasteiger partial charge in [0.1, 0.15) is 10.5 Å². The number of nitro benzene ring substituents is 1. The molecule has 0 saturated carbocycles. The van der Waals surface area contributed by atoms with Crippen LogP contribution in [0.3, 0.4) is 0 Å². The van der Waals surface area contributed by atoms with Crippen molar-refractivity contribution in [3.63, 3.8) is 0 Å². The Kier molecular flexibility index (Phi) is 6.50. The molecule has 4 rings (SSSR count). The molecular formula is C24H25N3O4S. The van der Waals surface area contributed by atoms with Crippen molar-refractivity contribution >= 4 is 17.9 Å². The van der Waals surface area contributed by atoms with Crippen LogP contribution in [-0.2, 0) is 25.8 Å². The van der Waals surface area contributed by atoms with Crippen molar-refractivity contribution in [2.24, 2.45) is 0 Å². The van der Waals surface area contributed by atoms with Gasteiger partial charge in [-0.2, -0.15) is 0 Å². The van der Waals surface area contributed by atoms with Gasteiger partial charge < -0.3 is 14.0 Å². The zero-order valence-electron chi connectivity index (χ0n) is 18.2. The largest absolute Gasteiger partial charge is 0.493 e. The number of fused-ring (bicyclic) bond motifs is 1. The molecule has 0 spiro atoms. The van der Waals surface area contributed by atoms with Crippen molar-refractivity contribution < 1.29 is 14.4 Å². The number of hydrogen-bond acceptors (Lipinski definition) is 6. The number of aryl methyl sites for hydroxylation is 1. The van der Waals surface area contributed by atoms with E-state index in [1.807, 2.05) is 24.3 Å². The SMILES string of the molecule is COc1ccc(CCn2c(-c3cccc([N+](=O)[O-])c3)nc(=S)c3c2CCCC3)cc1OC. The Labute approximate surface area is 191 Å². The highest BCUT2D eigenvalue weighted by Gasteiger charge is 2.20. The van der Waals surface area contributed by atoms with E-state index in [0.717, 1.165) is 43.2 Å². The predicted molar refractivity (Wildman–Crippen MR) is 125 cm³/mol. The summed E-state index contributed by atoms with van der Waals surface area (Å²) in [4.78, 5) is 15.7. The second-order valence-corrected chi connectivity index (χ2v) is 8.16. The molecule has 1 aliphatic carbocycles. The van der Waals surface area contributed by atoms with E-state index in [1.165, 1.54) is 11.8 Å². The molecule has 0 saturated heterocycles. The molecule has 0 unspecified atom stereocenters. The molecule has 8 heteroatoms. The smallest absolute Gasteiger partial charge is 0.270 e. The topological polar surface area (TPSA) is 79.4 Å². The second kappa shape index (κ2) is 9.48. The summed E-state index contributed by atoms with van der Waals surface area (Å²) in [7, 11) is 3.24. The molecule has 1 aliphatic rings.